The average molecular weight is 337 g/mol. The number of hydrogen-bond acceptors (Lipinski definition) is 3. The lowest BCUT2D eigenvalue weighted by molar-refractivity contribution is -0.137. The number of carbonyl (C=O) groups excluding carboxylic acids is 1. The summed E-state index contributed by atoms with van der Waals surface area (Å²) in [6.07, 6.45) is -4.82. The van der Waals surface area contributed by atoms with Gasteiger partial charge >= 0.3 is 12.3 Å². The van der Waals surface area contributed by atoms with Crippen molar-refractivity contribution in [3.63, 3.8) is 0 Å². The maximum Gasteiger partial charge on any atom is 0.416 e. The molecular formula is C14H16ClF3N2O2. The molecule has 0 N–H and O–H groups in total. The SMILES string of the molecule is CCOC(=O)N1CCN(c2cc(C(F)(F)F)ccc2Cl)CC1. The Kier molecular flexibility index (Phi) is 5.05. The van der Waals surface area contributed by atoms with E-state index in [1.807, 2.05) is 0 Å². The minimum Gasteiger partial charge on any atom is -0.450 e. The predicted octanol–water partition coefficient (Wildman–Crippen LogP) is 3.64. The molecule has 1 aliphatic heterocycles. The number of piperazine rings is 1. The van der Waals surface area contributed by atoms with E-state index in [2.05, 4.69) is 0 Å². The van der Waals surface area contributed by atoms with E-state index >= 15 is 0 Å². The van der Waals surface area contributed by atoms with Crippen LogP contribution in [0, 0.1) is 0 Å². The van der Waals surface area contributed by atoms with Gasteiger partial charge in [0.25, 0.3) is 0 Å². The van der Waals surface area contributed by atoms with Crippen molar-refractivity contribution in [2.75, 3.05) is 37.7 Å². The van der Waals surface area contributed by atoms with Crippen LogP contribution in [0.3, 0.4) is 0 Å². The molecule has 1 aromatic rings. The average Bonchev–Trinajstić information content (AvgIpc) is 2.47. The first-order chi connectivity index (χ1) is 10.3. The molecule has 1 heterocycles. The zero-order valence-electron chi connectivity index (χ0n) is 12.0. The molecule has 0 saturated carbocycles. The van der Waals surface area contributed by atoms with Gasteiger partial charge in [0.15, 0.2) is 0 Å². The summed E-state index contributed by atoms with van der Waals surface area (Å²) >= 11 is 6.01. The molecule has 1 saturated heterocycles. The molecular weight excluding hydrogens is 321 g/mol. The van der Waals surface area contributed by atoms with Crippen molar-refractivity contribution in [1.29, 1.82) is 0 Å². The van der Waals surface area contributed by atoms with Crippen LogP contribution >= 0.6 is 11.6 Å². The van der Waals surface area contributed by atoms with E-state index in [0.29, 0.717) is 38.5 Å². The van der Waals surface area contributed by atoms with Crippen molar-refractivity contribution in [2.24, 2.45) is 0 Å². The summed E-state index contributed by atoms with van der Waals surface area (Å²) in [7, 11) is 0. The Balaban J connectivity index is 2.09. The fourth-order valence-electron chi connectivity index (χ4n) is 2.28. The van der Waals surface area contributed by atoms with Gasteiger partial charge in [-0.15, -0.1) is 0 Å². The maximum absolute atomic E-state index is 12.8. The van der Waals surface area contributed by atoms with Crippen LogP contribution in [0.15, 0.2) is 18.2 Å². The Morgan fingerprint density at radius 1 is 1.27 bits per heavy atom. The van der Waals surface area contributed by atoms with E-state index in [1.54, 1.807) is 11.8 Å². The smallest absolute Gasteiger partial charge is 0.416 e. The Hall–Kier alpha value is -1.63. The van der Waals surface area contributed by atoms with E-state index in [4.69, 9.17) is 16.3 Å². The van der Waals surface area contributed by atoms with Gasteiger partial charge in [0.1, 0.15) is 0 Å². The molecule has 0 atom stereocenters. The highest BCUT2D eigenvalue weighted by atomic mass is 35.5. The number of hydrogen-bond donors (Lipinski definition) is 0. The van der Waals surface area contributed by atoms with Crippen LogP contribution in [0.1, 0.15) is 12.5 Å². The molecule has 1 aromatic carbocycles. The number of benzene rings is 1. The summed E-state index contributed by atoms with van der Waals surface area (Å²) < 4.78 is 43.3. The minimum absolute atomic E-state index is 0.262. The Bertz CT molecular complexity index is 543. The second kappa shape index (κ2) is 6.64. The second-order valence-corrected chi connectivity index (χ2v) is 5.24. The van der Waals surface area contributed by atoms with E-state index in [9.17, 15) is 18.0 Å². The largest absolute Gasteiger partial charge is 0.450 e. The molecule has 0 bridgehead atoms. The van der Waals surface area contributed by atoms with Gasteiger partial charge < -0.3 is 14.5 Å². The van der Waals surface area contributed by atoms with E-state index < -0.39 is 17.8 Å². The number of anilines is 1. The molecule has 0 aliphatic carbocycles. The monoisotopic (exact) mass is 336 g/mol. The van der Waals surface area contributed by atoms with Crippen LogP contribution < -0.4 is 4.90 Å². The standard InChI is InChI=1S/C14H16ClF3N2O2/c1-2-22-13(21)20-7-5-19(6-8-20)12-9-10(14(16,17)18)3-4-11(12)15/h3-4,9H,2,5-8H2,1H3. The first-order valence-corrected chi connectivity index (χ1v) is 7.24. The number of nitrogens with zero attached hydrogens (tertiary/aromatic N) is 2. The molecule has 2 rings (SSSR count). The number of carbonyl (C=O) groups is 1. The van der Waals surface area contributed by atoms with Crippen molar-refractivity contribution in [1.82, 2.24) is 4.90 Å². The zero-order chi connectivity index (χ0) is 16.3. The second-order valence-electron chi connectivity index (χ2n) is 4.84. The molecule has 0 spiro atoms. The van der Waals surface area contributed by atoms with E-state index in [-0.39, 0.29) is 5.02 Å². The highest BCUT2D eigenvalue weighted by Gasteiger charge is 2.32. The molecule has 1 aliphatic rings. The third-order valence-electron chi connectivity index (χ3n) is 3.42. The van der Waals surface area contributed by atoms with Gasteiger partial charge in [-0.3, -0.25) is 0 Å². The molecule has 1 fully saturated rings. The van der Waals surface area contributed by atoms with Crippen LogP contribution in [-0.4, -0.2) is 43.8 Å². The lowest BCUT2D eigenvalue weighted by Gasteiger charge is -2.36. The Labute approximate surface area is 131 Å². The van der Waals surface area contributed by atoms with Crippen LogP contribution in [-0.2, 0) is 10.9 Å². The molecule has 0 radical (unpaired) electrons. The zero-order valence-corrected chi connectivity index (χ0v) is 12.7. The van der Waals surface area contributed by atoms with Gasteiger partial charge in [0.05, 0.1) is 22.9 Å². The van der Waals surface area contributed by atoms with Gasteiger partial charge in [-0.2, -0.15) is 13.2 Å². The van der Waals surface area contributed by atoms with Crippen molar-refractivity contribution in [2.45, 2.75) is 13.1 Å². The molecule has 8 heteroatoms. The van der Waals surface area contributed by atoms with Gasteiger partial charge in [-0.1, -0.05) is 11.6 Å². The van der Waals surface area contributed by atoms with Crippen LogP contribution in [0.4, 0.5) is 23.7 Å². The highest BCUT2D eigenvalue weighted by Crippen LogP contribution is 2.35. The number of amides is 1. The lowest BCUT2D eigenvalue weighted by atomic mass is 10.1. The number of ether oxygens (including phenoxy) is 1. The Morgan fingerprint density at radius 2 is 1.91 bits per heavy atom. The summed E-state index contributed by atoms with van der Waals surface area (Å²) in [4.78, 5) is 14.9. The van der Waals surface area contributed by atoms with Crippen LogP contribution in [0.2, 0.25) is 5.02 Å². The van der Waals surface area contributed by atoms with Crippen molar-refractivity contribution in [3.05, 3.63) is 28.8 Å². The number of rotatable bonds is 2. The van der Waals surface area contributed by atoms with Crippen molar-refractivity contribution < 1.29 is 22.7 Å². The topological polar surface area (TPSA) is 32.8 Å². The minimum atomic E-state index is -4.41. The molecule has 0 unspecified atom stereocenters. The normalized spacial score (nSPS) is 15.9. The third-order valence-corrected chi connectivity index (χ3v) is 3.74. The first kappa shape index (κ1) is 16.7. The molecule has 1 amide bonds. The van der Waals surface area contributed by atoms with Crippen molar-refractivity contribution in [3.8, 4) is 0 Å². The first-order valence-electron chi connectivity index (χ1n) is 6.86. The van der Waals surface area contributed by atoms with Gasteiger partial charge in [0.2, 0.25) is 0 Å². The lowest BCUT2D eigenvalue weighted by Crippen LogP contribution is -2.49. The Morgan fingerprint density at radius 3 is 2.45 bits per heavy atom. The predicted molar refractivity (Wildman–Crippen MR) is 77.3 cm³/mol. The van der Waals surface area contributed by atoms with E-state index in [1.165, 1.54) is 11.0 Å². The summed E-state index contributed by atoms with van der Waals surface area (Å²) in [6, 6.07) is 3.25. The fraction of sp³-hybridized carbons (Fsp3) is 0.500. The van der Waals surface area contributed by atoms with Crippen molar-refractivity contribution >= 4 is 23.4 Å². The van der Waals surface area contributed by atoms with Crippen LogP contribution in [0.5, 0.6) is 0 Å². The summed E-state index contributed by atoms with van der Waals surface area (Å²) in [5.74, 6) is 0. The number of alkyl halides is 3. The van der Waals surface area contributed by atoms with E-state index in [0.717, 1.165) is 12.1 Å². The number of halogens is 4. The fourth-order valence-corrected chi connectivity index (χ4v) is 2.51. The third kappa shape index (κ3) is 3.76. The molecule has 122 valence electrons. The molecule has 0 aromatic heterocycles. The van der Waals surface area contributed by atoms with Gasteiger partial charge in [-0.25, -0.2) is 4.79 Å². The highest BCUT2D eigenvalue weighted by molar-refractivity contribution is 6.33. The molecule has 4 nitrogen and oxygen atoms in total. The quantitative estimate of drug-likeness (QED) is 0.826. The molecule has 22 heavy (non-hydrogen) atoms. The summed E-state index contributed by atoms with van der Waals surface area (Å²) in [5, 5.41) is 0.262. The summed E-state index contributed by atoms with van der Waals surface area (Å²) in [5.41, 5.74) is -0.403. The van der Waals surface area contributed by atoms with Crippen LogP contribution in [0.25, 0.3) is 0 Å². The van der Waals surface area contributed by atoms with Gasteiger partial charge in [0, 0.05) is 26.2 Å². The maximum atomic E-state index is 12.8. The van der Waals surface area contributed by atoms with Gasteiger partial charge in [-0.05, 0) is 25.1 Å². The summed E-state index contributed by atoms with van der Waals surface area (Å²) in [6.45, 7) is 3.57.